The van der Waals surface area contributed by atoms with E-state index in [9.17, 15) is 4.39 Å². The zero-order valence-corrected chi connectivity index (χ0v) is 16.1. The number of aryl methyl sites for hydroxylation is 3. The number of aromatic nitrogens is 3. The molecule has 0 bridgehead atoms. The third kappa shape index (κ3) is 4.68. The fourth-order valence-corrected chi connectivity index (χ4v) is 3.27. The first-order chi connectivity index (χ1) is 12.2. The third-order valence-corrected chi connectivity index (χ3v) is 4.56. The van der Waals surface area contributed by atoms with E-state index in [2.05, 4.69) is 51.9 Å². The molecule has 1 fully saturated rings. The van der Waals surface area contributed by atoms with E-state index in [1.165, 1.54) is 30.5 Å². The van der Waals surface area contributed by atoms with Gasteiger partial charge in [0.2, 0.25) is 11.9 Å². The molecule has 1 aliphatic rings. The Kier molecular flexibility index (Phi) is 5.12. The molecule has 2 N–H and O–H groups in total. The summed E-state index contributed by atoms with van der Waals surface area (Å²) in [5.41, 5.74) is 8.10. The van der Waals surface area contributed by atoms with Crippen LogP contribution in [0.5, 0.6) is 0 Å². The smallest absolute Gasteiger partial charge is 0.230 e. The van der Waals surface area contributed by atoms with Gasteiger partial charge in [0.1, 0.15) is 0 Å². The molecule has 1 aliphatic carbocycles. The summed E-state index contributed by atoms with van der Waals surface area (Å²) >= 11 is 0. The van der Waals surface area contributed by atoms with Gasteiger partial charge in [-0.15, -0.1) is 0 Å². The molecule has 0 aliphatic heterocycles. The van der Waals surface area contributed by atoms with Crippen molar-refractivity contribution in [2.45, 2.75) is 65.1 Å². The summed E-state index contributed by atoms with van der Waals surface area (Å²) in [4.78, 5) is 14.8. The number of benzene rings is 1. The Hall–Kier alpha value is -2.24. The molecule has 5 nitrogen and oxygen atoms in total. The SMILES string of the molecule is Cc1cc(C)cc(CCCN(c2nc(N)nc(C(C)(C)F)n2)C2CC2)c1. The lowest BCUT2D eigenvalue weighted by molar-refractivity contribution is 0.206. The molecule has 1 aromatic carbocycles. The second-order valence-electron chi connectivity index (χ2n) is 7.81. The van der Waals surface area contributed by atoms with Crippen molar-refractivity contribution in [1.82, 2.24) is 15.0 Å². The highest BCUT2D eigenvalue weighted by Crippen LogP contribution is 2.31. The number of alkyl halides is 1. The van der Waals surface area contributed by atoms with Crippen LogP contribution in [0.15, 0.2) is 18.2 Å². The van der Waals surface area contributed by atoms with Crippen LogP contribution in [0.1, 0.15) is 55.6 Å². The molecular weight excluding hydrogens is 329 g/mol. The van der Waals surface area contributed by atoms with Crippen LogP contribution in [-0.4, -0.2) is 27.5 Å². The summed E-state index contributed by atoms with van der Waals surface area (Å²) in [7, 11) is 0. The predicted molar refractivity (Wildman–Crippen MR) is 103 cm³/mol. The summed E-state index contributed by atoms with van der Waals surface area (Å²) in [6.07, 6.45) is 4.21. The van der Waals surface area contributed by atoms with Crippen molar-refractivity contribution in [2.24, 2.45) is 0 Å². The van der Waals surface area contributed by atoms with Crippen molar-refractivity contribution in [3.8, 4) is 0 Å². The molecule has 1 heterocycles. The summed E-state index contributed by atoms with van der Waals surface area (Å²) in [6, 6.07) is 7.08. The van der Waals surface area contributed by atoms with Gasteiger partial charge in [-0.2, -0.15) is 15.0 Å². The van der Waals surface area contributed by atoms with Crippen LogP contribution in [0.3, 0.4) is 0 Å². The number of nitrogens with zero attached hydrogens (tertiary/aromatic N) is 4. The van der Waals surface area contributed by atoms with Gasteiger partial charge in [0.25, 0.3) is 0 Å². The Morgan fingerprint density at radius 3 is 2.35 bits per heavy atom. The van der Waals surface area contributed by atoms with E-state index < -0.39 is 5.67 Å². The first-order valence-electron chi connectivity index (χ1n) is 9.27. The lowest BCUT2D eigenvalue weighted by Gasteiger charge is -2.24. The zero-order chi connectivity index (χ0) is 18.9. The molecule has 0 spiro atoms. The van der Waals surface area contributed by atoms with E-state index in [1.54, 1.807) is 0 Å². The second kappa shape index (κ2) is 7.17. The van der Waals surface area contributed by atoms with E-state index in [0.29, 0.717) is 12.0 Å². The van der Waals surface area contributed by atoms with E-state index in [4.69, 9.17) is 5.73 Å². The molecule has 1 saturated carbocycles. The Morgan fingerprint density at radius 2 is 1.77 bits per heavy atom. The highest BCUT2D eigenvalue weighted by atomic mass is 19.1. The maximum Gasteiger partial charge on any atom is 0.230 e. The second-order valence-corrected chi connectivity index (χ2v) is 7.81. The molecule has 0 saturated heterocycles. The number of anilines is 2. The number of halogens is 1. The molecule has 0 radical (unpaired) electrons. The Labute approximate surface area is 154 Å². The highest BCUT2D eigenvalue weighted by Gasteiger charge is 2.32. The fourth-order valence-electron chi connectivity index (χ4n) is 3.27. The maximum atomic E-state index is 14.3. The minimum atomic E-state index is -1.64. The fraction of sp³-hybridized carbons (Fsp3) is 0.550. The number of rotatable bonds is 7. The van der Waals surface area contributed by atoms with E-state index in [1.807, 2.05) is 0 Å². The lowest BCUT2D eigenvalue weighted by Crippen LogP contribution is -2.31. The van der Waals surface area contributed by atoms with Crippen LogP contribution < -0.4 is 10.6 Å². The van der Waals surface area contributed by atoms with Crippen LogP contribution in [0.25, 0.3) is 0 Å². The average Bonchev–Trinajstić information content (AvgIpc) is 3.34. The molecule has 0 amide bonds. The minimum Gasteiger partial charge on any atom is -0.368 e. The molecule has 3 rings (SSSR count). The highest BCUT2D eigenvalue weighted by molar-refractivity contribution is 5.38. The van der Waals surface area contributed by atoms with Crippen LogP contribution in [0.2, 0.25) is 0 Å². The van der Waals surface area contributed by atoms with Crippen molar-refractivity contribution in [3.05, 3.63) is 40.7 Å². The molecule has 6 heteroatoms. The van der Waals surface area contributed by atoms with Gasteiger partial charge in [-0.1, -0.05) is 29.3 Å². The number of nitrogens with two attached hydrogens (primary N) is 1. The molecule has 1 aromatic heterocycles. The van der Waals surface area contributed by atoms with E-state index >= 15 is 0 Å². The molecule has 140 valence electrons. The summed E-state index contributed by atoms with van der Waals surface area (Å²) in [6.45, 7) is 7.95. The van der Waals surface area contributed by atoms with Gasteiger partial charge in [0.15, 0.2) is 11.5 Å². The van der Waals surface area contributed by atoms with Crippen molar-refractivity contribution >= 4 is 11.9 Å². The van der Waals surface area contributed by atoms with Gasteiger partial charge in [0.05, 0.1) is 0 Å². The number of hydrogen-bond donors (Lipinski definition) is 1. The zero-order valence-electron chi connectivity index (χ0n) is 16.1. The Bertz CT molecular complexity index is 760. The number of nitrogen functional groups attached to an aromatic ring is 1. The predicted octanol–water partition coefficient (Wildman–Crippen LogP) is 3.88. The maximum absolute atomic E-state index is 14.3. The summed E-state index contributed by atoms with van der Waals surface area (Å²) in [5.74, 6) is 0.678. The van der Waals surface area contributed by atoms with Crippen LogP contribution in [0, 0.1) is 13.8 Å². The van der Waals surface area contributed by atoms with Crippen molar-refractivity contribution in [2.75, 3.05) is 17.2 Å². The topological polar surface area (TPSA) is 67.9 Å². The first kappa shape index (κ1) is 18.5. The molecular formula is C20H28FN5. The monoisotopic (exact) mass is 357 g/mol. The van der Waals surface area contributed by atoms with Gasteiger partial charge in [0, 0.05) is 12.6 Å². The first-order valence-corrected chi connectivity index (χ1v) is 9.27. The molecule has 26 heavy (non-hydrogen) atoms. The quantitative estimate of drug-likeness (QED) is 0.814. The molecule has 2 aromatic rings. The van der Waals surface area contributed by atoms with Crippen molar-refractivity contribution < 1.29 is 4.39 Å². The van der Waals surface area contributed by atoms with Gasteiger partial charge in [-0.05, 0) is 58.9 Å². The third-order valence-electron chi connectivity index (χ3n) is 4.56. The number of hydrogen-bond acceptors (Lipinski definition) is 5. The van der Waals surface area contributed by atoms with Gasteiger partial charge in [-0.3, -0.25) is 0 Å². The standard InChI is InChI=1S/C20H28FN5/c1-13-10-14(2)12-15(11-13)6-5-9-26(16-7-8-16)19-24-17(20(3,4)21)23-18(22)25-19/h10-12,16H,5-9H2,1-4H3,(H2,22,23,24,25). The van der Waals surface area contributed by atoms with Crippen LogP contribution in [-0.2, 0) is 12.1 Å². The summed E-state index contributed by atoms with van der Waals surface area (Å²) < 4.78 is 14.3. The normalized spacial score (nSPS) is 14.5. The van der Waals surface area contributed by atoms with Crippen molar-refractivity contribution in [1.29, 1.82) is 0 Å². The largest absolute Gasteiger partial charge is 0.368 e. The Balaban J connectivity index is 1.73. The van der Waals surface area contributed by atoms with Crippen LogP contribution in [0.4, 0.5) is 16.3 Å². The van der Waals surface area contributed by atoms with E-state index in [-0.39, 0.29) is 11.8 Å². The van der Waals surface area contributed by atoms with Crippen molar-refractivity contribution in [3.63, 3.8) is 0 Å². The lowest BCUT2D eigenvalue weighted by atomic mass is 10.0. The van der Waals surface area contributed by atoms with Gasteiger partial charge in [-0.25, -0.2) is 4.39 Å². The summed E-state index contributed by atoms with van der Waals surface area (Å²) in [5, 5.41) is 0. The van der Waals surface area contributed by atoms with Gasteiger partial charge < -0.3 is 10.6 Å². The average molecular weight is 357 g/mol. The van der Waals surface area contributed by atoms with Crippen LogP contribution >= 0.6 is 0 Å². The Morgan fingerprint density at radius 1 is 1.12 bits per heavy atom. The van der Waals surface area contributed by atoms with E-state index in [0.717, 1.165) is 32.2 Å². The molecule has 0 atom stereocenters. The minimum absolute atomic E-state index is 0.0793. The van der Waals surface area contributed by atoms with Gasteiger partial charge >= 0.3 is 0 Å². The molecule has 0 unspecified atom stereocenters.